The molecule has 0 aliphatic carbocycles. The van der Waals surface area contributed by atoms with E-state index in [1.807, 2.05) is 0 Å². The minimum Gasteiger partial charge on any atom is -0.481 e. The van der Waals surface area contributed by atoms with Gasteiger partial charge in [0.1, 0.15) is 0 Å². The number of hydrogen-bond donors (Lipinski definition) is 1. The molecule has 0 radical (unpaired) electrons. The van der Waals surface area contributed by atoms with Crippen LogP contribution < -0.4 is 0 Å². The van der Waals surface area contributed by atoms with Crippen LogP contribution in [0.2, 0.25) is 0 Å². The summed E-state index contributed by atoms with van der Waals surface area (Å²) < 4.78 is 0. The van der Waals surface area contributed by atoms with Crippen LogP contribution >= 0.6 is 0 Å². The maximum Gasteiger partial charge on any atom is 0.303 e. The molecular formula is C11H20N2O3. The summed E-state index contributed by atoms with van der Waals surface area (Å²) in [6, 6.07) is 0. The van der Waals surface area contributed by atoms with E-state index in [4.69, 9.17) is 5.11 Å². The molecule has 0 spiro atoms. The minimum absolute atomic E-state index is 0.0291. The van der Waals surface area contributed by atoms with Gasteiger partial charge in [0.15, 0.2) is 0 Å². The molecule has 0 saturated carbocycles. The van der Waals surface area contributed by atoms with Gasteiger partial charge in [-0.2, -0.15) is 0 Å². The van der Waals surface area contributed by atoms with E-state index in [0.29, 0.717) is 0 Å². The molecular weight excluding hydrogens is 208 g/mol. The normalized spacial score (nSPS) is 17.4. The van der Waals surface area contributed by atoms with Gasteiger partial charge in [0.2, 0.25) is 5.91 Å². The van der Waals surface area contributed by atoms with Crippen molar-refractivity contribution in [3.8, 4) is 0 Å². The average Bonchev–Trinajstić information content (AvgIpc) is 2.27. The molecule has 16 heavy (non-hydrogen) atoms. The molecule has 0 aromatic heterocycles. The van der Waals surface area contributed by atoms with Crippen molar-refractivity contribution in [2.24, 2.45) is 0 Å². The lowest BCUT2D eigenvalue weighted by molar-refractivity contribution is -0.141. The van der Waals surface area contributed by atoms with Crippen molar-refractivity contribution in [3.63, 3.8) is 0 Å². The van der Waals surface area contributed by atoms with Gasteiger partial charge in [0, 0.05) is 32.6 Å². The SMILES string of the molecule is CCCN1CCN(C(=O)CCC(=O)O)CC1. The van der Waals surface area contributed by atoms with Crippen molar-refractivity contribution < 1.29 is 14.7 Å². The van der Waals surface area contributed by atoms with Crippen molar-refractivity contribution >= 4 is 11.9 Å². The maximum absolute atomic E-state index is 11.6. The van der Waals surface area contributed by atoms with E-state index < -0.39 is 5.97 Å². The highest BCUT2D eigenvalue weighted by Crippen LogP contribution is 2.05. The van der Waals surface area contributed by atoms with Crippen LogP contribution in [-0.2, 0) is 9.59 Å². The predicted octanol–water partition coefficient (Wildman–Crippen LogP) is 0.405. The van der Waals surface area contributed by atoms with Crippen LogP contribution in [0.1, 0.15) is 26.2 Å². The fraction of sp³-hybridized carbons (Fsp3) is 0.818. The quantitative estimate of drug-likeness (QED) is 0.740. The van der Waals surface area contributed by atoms with Gasteiger partial charge in [-0.25, -0.2) is 0 Å². The lowest BCUT2D eigenvalue weighted by Crippen LogP contribution is -2.48. The van der Waals surface area contributed by atoms with E-state index in [2.05, 4.69) is 11.8 Å². The molecule has 5 nitrogen and oxygen atoms in total. The van der Waals surface area contributed by atoms with Crippen LogP contribution in [0.15, 0.2) is 0 Å². The molecule has 1 N–H and O–H groups in total. The summed E-state index contributed by atoms with van der Waals surface area (Å²) in [7, 11) is 0. The zero-order valence-corrected chi connectivity index (χ0v) is 9.81. The topological polar surface area (TPSA) is 60.9 Å². The number of aliphatic carboxylic acids is 1. The van der Waals surface area contributed by atoms with Gasteiger partial charge in [0.25, 0.3) is 0 Å². The Morgan fingerprint density at radius 2 is 1.75 bits per heavy atom. The lowest BCUT2D eigenvalue weighted by Gasteiger charge is -2.34. The van der Waals surface area contributed by atoms with Crippen LogP contribution in [-0.4, -0.2) is 59.5 Å². The van der Waals surface area contributed by atoms with Crippen LogP contribution in [0, 0.1) is 0 Å². The van der Waals surface area contributed by atoms with Crippen molar-refractivity contribution in [2.75, 3.05) is 32.7 Å². The minimum atomic E-state index is -0.905. The van der Waals surface area contributed by atoms with Crippen molar-refractivity contribution in [1.29, 1.82) is 0 Å². The molecule has 1 saturated heterocycles. The third kappa shape index (κ3) is 4.18. The van der Waals surface area contributed by atoms with Crippen LogP contribution in [0.5, 0.6) is 0 Å². The van der Waals surface area contributed by atoms with Crippen molar-refractivity contribution in [1.82, 2.24) is 9.80 Å². The van der Waals surface area contributed by atoms with Crippen LogP contribution in [0.4, 0.5) is 0 Å². The zero-order chi connectivity index (χ0) is 12.0. The van der Waals surface area contributed by atoms with Crippen LogP contribution in [0.25, 0.3) is 0 Å². The summed E-state index contributed by atoms with van der Waals surface area (Å²) in [5, 5.41) is 8.49. The molecule has 1 heterocycles. The molecule has 0 atom stereocenters. The summed E-state index contributed by atoms with van der Waals surface area (Å²) in [4.78, 5) is 26.1. The molecule has 1 rings (SSSR count). The molecule has 0 unspecified atom stereocenters. The Morgan fingerprint density at radius 3 is 2.25 bits per heavy atom. The Labute approximate surface area is 96.0 Å². The molecule has 1 amide bonds. The Kier molecular flexibility index (Phi) is 5.25. The first-order valence-electron chi connectivity index (χ1n) is 5.85. The number of carbonyl (C=O) groups is 2. The van der Waals surface area contributed by atoms with Crippen LogP contribution in [0.3, 0.4) is 0 Å². The molecule has 1 aliphatic heterocycles. The third-order valence-corrected chi connectivity index (χ3v) is 2.82. The first-order chi connectivity index (χ1) is 7.63. The summed E-state index contributed by atoms with van der Waals surface area (Å²) in [6.07, 6.45) is 1.20. The Morgan fingerprint density at radius 1 is 1.12 bits per heavy atom. The molecule has 5 heteroatoms. The highest BCUT2D eigenvalue weighted by Gasteiger charge is 2.20. The molecule has 92 valence electrons. The van der Waals surface area contributed by atoms with E-state index in [9.17, 15) is 9.59 Å². The van der Waals surface area contributed by atoms with E-state index in [0.717, 1.165) is 39.1 Å². The fourth-order valence-electron chi connectivity index (χ4n) is 1.91. The molecule has 1 aliphatic rings. The number of nitrogens with zero attached hydrogens (tertiary/aromatic N) is 2. The molecule has 1 fully saturated rings. The summed E-state index contributed by atoms with van der Waals surface area (Å²) in [5.74, 6) is -0.934. The largest absolute Gasteiger partial charge is 0.481 e. The summed E-state index contributed by atoms with van der Waals surface area (Å²) >= 11 is 0. The fourth-order valence-corrected chi connectivity index (χ4v) is 1.91. The number of piperazine rings is 1. The standard InChI is InChI=1S/C11H20N2O3/c1-2-5-12-6-8-13(9-7-12)10(14)3-4-11(15)16/h2-9H2,1H3,(H,15,16). The number of rotatable bonds is 5. The second-order valence-electron chi connectivity index (χ2n) is 4.12. The summed E-state index contributed by atoms with van der Waals surface area (Å²) in [6.45, 7) is 6.51. The van der Waals surface area contributed by atoms with E-state index in [1.165, 1.54) is 0 Å². The highest BCUT2D eigenvalue weighted by molar-refractivity contribution is 5.80. The predicted molar refractivity (Wildman–Crippen MR) is 60.2 cm³/mol. The first kappa shape index (κ1) is 13.0. The Bertz CT molecular complexity index is 248. The van der Waals surface area contributed by atoms with Gasteiger partial charge in [0.05, 0.1) is 6.42 Å². The van der Waals surface area contributed by atoms with Gasteiger partial charge < -0.3 is 10.0 Å². The highest BCUT2D eigenvalue weighted by atomic mass is 16.4. The number of carboxylic acid groups (broad SMARTS) is 1. The second-order valence-corrected chi connectivity index (χ2v) is 4.12. The number of hydrogen-bond acceptors (Lipinski definition) is 3. The second kappa shape index (κ2) is 6.48. The van der Waals surface area contributed by atoms with Crippen molar-refractivity contribution in [2.45, 2.75) is 26.2 Å². The number of carbonyl (C=O) groups excluding carboxylic acids is 1. The monoisotopic (exact) mass is 228 g/mol. The van der Waals surface area contributed by atoms with E-state index in [1.54, 1.807) is 4.90 Å². The molecule has 0 aromatic carbocycles. The Balaban J connectivity index is 2.24. The first-order valence-corrected chi connectivity index (χ1v) is 5.85. The van der Waals surface area contributed by atoms with Gasteiger partial charge in [-0.15, -0.1) is 0 Å². The third-order valence-electron chi connectivity index (χ3n) is 2.82. The maximum atomic E-state index is 11.6. The van der Waals surface area contributed by atoms with Gasteiger partial charge in [-0.3, -0.25) is 14.5 Å². The van der Waals surface area contributed by atoms with Crippen molar-refractivity contribution in [3.05, 3.63) is 0 Å². The summed E-state index contributed by atoms with van der Waals surface area (Å²) in [5.41, 5.74) is 0. The van der Waals surface area contributed by atoms with Gasteiger partial charge >= 0.3 is 5.97 Å². The smallest absolute Gasteiger partial charge is 0.303 e. The van der Waals surface area contributed by atoms with Gasteiger partial charge in [-0.1, -0.05) is 6.92 Å². The zero-order valence-electron chi connectivity index (χ0n) is 9.81. The Hall–Kier alpha value is -1.10. The van der Waals surface area contributed by atoms with E-state index in [-0.39, 0.29) is 18.7 Å². The van der Waals surface area contributed by atoms with Gasteiger partial charge in [-0.05, 0) is 13.0 Å². The molecule has 0 bridgehead atoms. The number of carboxylic acids is 1. The lowest BCUT2D eigenvalue weighted by atomic mass is 10.2. The number of amides is 1. The average molecular weight is 228 g/mol. The molecule has 0 aromatic rings. The van der Waals surface area contributed by atoms with E-state index >= 15 is 0 Å².